The van der Waals surface area contributed by atoms with E-state index >= 15 is 0 Å². The second-order valence-corrected chi connectivity index (χ2v) is 6.18. The molecule has 122 valence electrons. The first-order valence-corrected chi connectivity index (χ1v) is 8.45. The number of hydrogen-bond acceptors (Lipinski definition) is 2. The Morgan fingerprint density at radius 1 is 0.800 bits per heavy atom. The van der Waals surface area contributed by atoms with E-state index in [4.69, 9.17) is 0 Å². The second-order valence-electron chi connectivity index (χ2n) is 6.18. The van der Waals surface area contributed by atoms with Crippen LogP contribution in [0.4, 0.5) is 0 Å². The quantitative estimate of drug-likeness (QED) is 0.735. The third kappa shape index (κ3) is 3.30. The Hall–Kier alpha value is -2.97. The standard InChI is InChI=1S/C23H19NO/c25-23(18-9-5-2-6-10-18)19-12-13-21-20(15-19)16-24-22(21)14-11-17-7-3-1-4-8-17/h1-15,23,25H,16H2/b14-11+. The number of hydrogen-bond donors (Lipinski definition) is 1. The van der Waals surface area contributed by atoms with Gasteiger partial charge in [0.1, 0.15) is 6.10 Å². The van der Waals surface area contributed by atoms with E-state index in [1.807, 2.05) is 54.6 Å². The molecule has 0 radical (unpaired) electrons. The number of nitrogens with zero attached hydrogens (tertiary/aromatic N) is 1. The zero-order valence-electron chi connectivity index (χ0n) is 13.8. The molecule has 1 unspecified atom stereocenters. The number of aliphatic hydroxyl groups is 1. The van der Waals surface area contributed by atoms with Gasteiger partial charge >= 0.3 is 0 Å². The molecule has 1 aliphatic heterocycles. The summed E-state index contributed by atoms with van der Waals surface area (Å²) in [6.07, 6.45) is 3.55. The molecule has 1 N–H and O–H groups in total. The highest BCUT2D eigenvalue weighted by atomic mass is 16.3. The maximum atomic E-state index is 10.6. The fraction of sp³-hybridized carbons (Fsp3) is 0.0870. The molecule has 0 fully saturated rings. The Morgan fingerprint density at radius 2 is 1.52 bits per heavy atom. The number of rotatable bonds is 4. The van der Waals surface area contributed by atoms with Gasteiger partial charge in [-0.1, -0.05) is 84.9 Å². The van der Waals surface area contributed by atoms with E-state index in [0.29, 0.717) is 6.54 Å². The van der Waals surface area contributed by atoms with Gasteiger partial charge in [0.05, 0.1) is 12.3 Å². The highest BCUT2D eigenvalue weighted by Crippen LogP contribution is 2.27. The Bertz CT molecular complexity index is 927. The highest BCUT2D eigenvalue weighted by molar-refractivity contribution is 6.13. The fourth-order valence-corrected chi connectivity index (χ4v) is 3.13. The Morgan fingerprint density at radius 3 is 2.28 bits per heavy atom. The van der Waals surface area contributed by atoms with Gasteiger partial charge in [0.15, 0.2) is 0 Å². The predicted molar refractivity (Wildman–Crippen MR) is 103 cm³/mol. The molecule has 2 nitrogen and oxygen atoms in total. The molecule has 3 aromatic carbocycles. The summed E-state index contributed by atoms with van der Waals surface area (Å²) in [6.45, 7) is 0.666. The van der Waals surface area contributed by atoms with Crippen LogP contribution in [0.1, 0.15) is 33.9 Å². The van der Waals surface area contributed by atoms with Crippen molar-refractivity contribution in [1.82, 2.24) is 0 Å². The van der Waals surface area contributed by atoms with Gasteiger partial charge < -0.3 is 5.11 Å². The molecule has 1 heterocycles. The third-order valence-corrected chi connectivity index (χ3v) is 4.49. The molecule has 25 heavy (non-hydrogen) atoms. The summed E-state index contributed by atoms with van der Waals surface area (Å²) in [7, 11) is 0. The van der Waals surface area contributed by atoms with Crippen molar-refractivity contribution in [3.63, 3.8) is 0 Å². The van der Waals surface area contributed by atoms with Crippen LogP contribution in [0.5, 0.6) is 0 Å². The first-order chi connectivity index (χ1) is 12.3. The summed E-state index contributed by atoms with van der Waals surface area (Å²) in [5.74, 6) is 0. The summed E-state index contributed by atoms with van der Waals surface area (Å²) >= 11 is 0. The molecule has 4 rings (SSSR count). The minimum absolute atomic E-state index is 0.601. The average Bonchev–Trinajstić information content (AvgIpc) is 3.09. The van der Waals surface area contributed by atoms with Crippen molar-refractivity contribution >= 4 is 11.8 Å². The first-order valence-electron chi connectivity index (χ1n) is 8.45. The zero-order valence-corrected chi connectivity index (χ0v) is 13.8. The molecule has 0 aromatic heterocycles. The van der Waals surface area contributed by atoms with Crippen LogP contribution in [0.25, 0.3) is 6.08 Å². The second kappa shape index (κ2) is 6.88. The van der Waals surface area contributed by atoms with Gasteiger partial charge in [-0.05, 0) is 28.3 Å². The van der Waals surface area contributed by atoms with Gasteiger partial charge in [0, 0.05) is 5.56 Å². The monoisotopic (exact) mass is 325 g/mol. The van der Waals surface area contributed by atoms with Crippen LogP contribution in [-0.2, 0) is 6.54 Å². The minimum Gasteiger partial charge on any atom is -0.384 e. The molecule has 0 aliphatic carbocycles. The van der Waals surface area contributed by atoms with Gasteiger partial charge in [-0.2, -0.15) is 0 Å². The Labute approximate surface area is 147 Å². The molecule has 0 spiro atoms. The molecular weight excluding hydrogens is 306 g/mol. The molecular formula is C23H19NO. The van der Waals surface area contributed by atoms with E-state index in [9.17, 15) is 5.11 Å². The molecule has 0 saturated heterocycles. The normalized spacial score (nSPS) is 14.4. The fourth-order valence-electron chi connectivity index (χ4n) is 3.13. The van der Waals surface area contributed by atoms with Crippen molar-refractivity contribution in [1.29, 1.82) is 0 Å². The van der Waals surface area contributed by atoms with Gasteiger partial charge in [-0.3, -0.25) is 4.99 Å². The number of allylic oxidation sites excluding steroid dienone is 1. The number of benzene rings is 3. The van der Waals surface area contributed by atoms with Crippen LogP contribution in [0.2, 0.25) is 0 Å². The number of fused-ring (bicyclic) bond motifs is 1. The smallest absolute Gasteiger partial charge is 0.104 e. The van der Waals surface area contributed by atoms with E-state index < -0.39 is 6.10 Å². The van der Waals surface area contributed by atoms with E-state index in [1.165, 1.54) is 5.56 Å². The third-order valence-electron chi connectivity index (χ3n) is 4.49. The minimum atomic E-state index is -0.601. The molecule has 1 atom stereocenters. The molecule has 1 aliphatic rings. The van der Waals surface area contributed by atoms with Crippen molar-refractivity contribution in [2.75, 3.05) is 0 Å². The summed E-state index contributed by atoms with van der Waals surface area (Å²) in [5.41, 5.74) is 6.30. The van der Waals surface area contributed by atoms with Crippen molar-refractivity contribution in [2.45, 2.75) is 12.6 Å². The summed E-state index contributed by atoms with van der Waals surface area (Å²) < 4.78 is 0. The Kier molecular flexibility index (Phi) is 4.28. The lowest BCUT2D eigenvalue weighted by molar-refractivity contribution is 0.220. The first kappa shape index (κ1) is 15.6. The molecule has 0 saturated carbocycles. The average molecular weight is 325 g/mol. The van der Waals surface area contributed by atoms with Crippen molar-refractivity contribution in [3.8, 4) is 0 Å². The van der Waals surface area contributed by atoms with Crippen molar-refractivity contribution in [3.05, 3.63) is 113 Å². The van der Waals surface area contributed by atoms with Crippen LogP contribution in [0.15, 0.2) is 89.9 Å². The summed E-state index contributed by atoms with van der Waals surface area (Å²) in [5, 5.41) is 10.6. The van der Waals surface area contributed by atoms with Gasteiger partial charge in [-0.25, -0.2) is 0 Å². The molecule has 0 amide bonds. The van der Waals surface area contributed by atoms with Crippen LogP contribution in [-0.4, -0.2) is 10.8 Å². The topological polar surface area (TPSA) is 32.6 Å². The maximum absolute atomic E-state index is 10.6. The Balaban J connectivity index is 1.57. The SMILES string of the molecule is OC(c1ccccc1)c1ccc2c(c1)CN=C2/C=C/c1ccccc1. The van der Waals surface area contributed by atoms with Crippen molar-refractivity contribution in [2.24, 2.45) is 4.99 Å². The molecule has 2 heteroatoms. The summed E-state index contributed by atoms with van der Waals surface area (Å²) in [6, 6.07) is 26.1. The molecule has 3 aromatic rings. The van der Waals surface area contributed by atoms with E-state index in [2.05, 4.69) is 41.4 Å². The van der Waals surface area contributed by atoms with Crippen LogP contribution in [0.3, 0.4) is 0 Å². The van der Waals surface area contributed by atoms with Gasteiger partial charge in [0.2, 0.25) is 0 Å². The lowest BCUT2D eigenvalue weighted by Crippen LogP contribution is -2.02. The number of aliphatic hydroxyl groups excluding tert-OH is 1. The predicted octanol–water partition coefficient (Wildman–Crippen LogP) is 4.78. The van der Waals surface area contributed by atoms with E-state index in [0.717, 1.165) is 28.0 Å². The lowest BCUT2D eigenvalue weighted by atomic mass is 9.96. The van der Waals surface area contributed by atoms with Crippen LogP contribution >= 0.6 is 0 Å². The summed E-state index contributed by atoms with van der Waals surface area (Å²) in [4.78, 5) is 4.64. The largest absolute Gasteiger partial charge is 0.384 e. The van der Waals surface area contributed by atoms with E-state index in [-0.39, 0.29) is 0 Å². The maximum Gasteiger partial charge on any atom is 0.104 e. The van der Waals surface area contributed by atoms with Crippen LogP contribution < -0.4 is 0 Å². The van der Waals surface area contributed by atoms with Crippen LogP contribution in [0, 0.1) is 0 Å². The van der Waals surface area contributed by atoms with Gasteiger partial charge in [0.25, 0.3) is 0 Å². The number of aliphatic imine (C=N–C) groups is 1. The lowest BCUT2D eigenvalue weighted by Gasteiger charge is -2.13. The highest BCUT2D eigenvalue weighted by Gasteiger charge is 2.17. The van der Waals surface area contributed by atoms with E-state index in [1.54, 1.807) is 0 Å². The van der Waals surface area contributed by atoms with Crippen molar-refractivity contribution < 1.29 is 5.11 Å². The zero-order chi connectivity index (χ0) is 17.1. The molecule has 0 bridgehead atoms. The van der Waals surface area contributed by atoms with Gasteiger partial charge in [-0.15, -0.1) is 0 Å².